The maximum absolute atomic E-state index is 13.2. The number of ether oxygens (including phenoxy) is 1. The molecule has 2 aromatic rings. The van der Waals surface area contributed by atoms with Crippen molar-refractivity contribution >= 4 is 11.6 Å². The molecule has 0 spiro atoms. The van der Waals surface area contributed by atoms with Gasteiger partial charge in [-0.3, -0.25) is 9.69 Å². The van der Waals surface area contributed by atoms with Crippen molar-refractivity contribution in [3.05, 3.63) is 65.7 Å². The lowest BCUT2D eigenvalue weighted by atomic mass is 10.1. The SMILES string of the molecule is CC(CN1CCOCC1)N(Cc1ccccc1)C(=O)CCc1ccccc1N. The molecule has 1 aliphatic heterocycles. The summed E-state index contributed by atoms with van der Waals surface area (Å²) in [7, 11) is 0. The van der Waals surface area contributed by atoms with Gasteiger partial charge in [0.15, 0.2) is 0 Å². The second kappa shape index (κ2) is 10.2. The van der Waals surface area contributed by atoms with E-state index in [-0.39, 0.29) is 11.9 Å². The van der Waals surface area contributed by atoms with E-state index in [1.54, 1.807) is 0 Å². The summed E-state index contributed by atoms with van der Waals surface area (Å²) in [6.45, 7) is 7.05. The summed E-state index contributed by atoms with van der Waals surface area (Å²) in [5.74, 6) is 0.174. The van der Waals surface area contributed by atoms with Crippen molar-refractivity contribution in [2.45, 2.75) is 32.4 Å². The third-order valence-electron chi connectivity index (χ3n) is 5.34. The summed E-state index contributed by atoms with van der Waals surface area (Å²) in [4.78, 5) is 17.6. The molecule has 0 bridgehead atoms. The zero-order chi connectivity index (χ0) is 19.8. The number of carbonyl (C=O) groups is 1. The number of nitrogens with zero attached hydrogens (tertiary/aromatic N) is 2. The first-order chi connectivity index (χ1) is 13.6. The molecule has 1 unspecified atom stereocenters. The lowest BCUT2D eigenvalue weighted by Gasteiger charge is -2.35. The highest BCUT2D eigenvalue weighted by Crippen LogP contribution is 2.16. The fraction of sp³-hybridized carbons (Fsp3) is 0.435. The molecule has 2 N–H and O–H groups in total. The van der Waals surface area contributed by atoms with Gasteiger partial charge in [0, 0.05) is 44.3 Å². The van der Waals surface area contributed by atoms with E-state index in [4.69, 9.17) is 10.5 Å². The van der Waals surface area contributed by atoms with Gasteiger partial charge in [-0.15, -0.1) is 0 Å². The van der Waals surface area contributed by atoms with Crippen LogP contribution in [-0.2, 0) is 22.5 Å². The first-order valence-corrected chi connectivity index (χ1v) is 10.1. The number of benzene rings is 2. The molecule has 28 heavy (non-hydrogen) atoms. The smallest absolute Gasteiger partial charge is 0.223 e. The molecule has 2 aromatic carbocycles. The number of nitrogen functional groups attached to an aromatic ring is 1. The molecule has 1 fully saturated rings. The number of hydrogen-bond donors (Lipinski definition) is 1. The quantitative estimate of drug-likeness (QED) is 0.714. The van der Waals surface area contributed by atoms with Gasteiger partial charge in [0.2, 0.25) is 5.91 Å². The van der Waals surface area contributed by atoms with Crippen molar-refractivity contribution in [1.29, 1.82) is 0 Å². The van der Waals surface area contributed by atoms with Crippen LogP contribution in [0.2, 0.25) is 0 Å². The van der Waals surface area contributed by atoms with Gasteiger partial charge in [0.05, 0.1) is 13.2 Å². The largest absolute Gasteiger partial charge is 0.399 e. The molecule has 1 amide bonds. The van der Waals surface area contributed by atoms with Crippen molar-refractivity contribution < 1.29 is 9.53 Å². The first-order valence-electron chi connectivity index (χ1n) is 10.1. The maximum atomic E-state index is 13.2. The minimum Gasteiger partial charge on any atom is -0.399 e. The number of amides is 1. The number of morpholine rings is 1. The Hall–Kier alpha value is -2.37. The predicted octanol–water partition coefficient (Wildman–Crippen LogP) is 2.95. The molecule has 0 aliphatic carbocycles. The molecule has 1 atom stereocenters. The number of aryl methyl sites for hydroxylation is 1. The lowest BCUT2D eigenvalue weighted by molar-refractivity contribution is -0.134. The van der Waals surface area contributed by atoms with Crippen molar-refractivity contribution in [3.8, 4) is 0 Å². The minimum absolute atomic E-state index is 0.138. The molecule has 3 rings (SSSR count). The average molecular weight is 382 g/mol. The first kappa shape index (κ1) is 20.4. The van der Waals surface area contributed by atoms with Crippen molar-refractivity contribution in [1.82, 2.24) is 9.80 Å². The fourth-order valence-electron chi connectivity index (χ4n) is 3.67. The third-order valence-corrected chi connectivity index (χ3v) is 5.34. The Balaban J connectivity index is 1.67. The monoisotopic (exact) mass is 381 g/mol. The Morgan fingerprint density at radius 2 is 1.79 bits per heavy atom. The molecule has 0 radical (unpaired) electrons. The van der Waals surface area contributed by atoms with E-state index in [9.17, 15) is 4.79 Å². The summed E-state index contributed by atoms with van der Waals surface area (Å²) < 4.78 is 5.45. The van der Waals surface area contributed by atoms with Crippen LogP contribution in [0.3, 0.4) is 0 Å². The van der Waals surface area contributed by atoms with Crippen LogP contribution in [0.15, 0.2) is 54.6 Å². The maximum Gasteiger partial charge on any atom is 0.223 e. The van der Waals surface area contributed by atoms with Crippen molar-refractivity contribution in [3.63, 3.8) is 0 Å². The standard InChI is InChI=1S/C23H31N3O2/c1-19(17-25-13-15-28-16-14-25)26(18-20-7-3-2-4-8-20)23(27)12-11-21-9-5-6-10-22(21)24/h2-10,19H,11-18,24H2,1H3. The minimum atomic E-state index is 0.138. The molecule has 0 aromatic heterocycles. The van der Waals surface area contributed by atoms with Crippen LogP contribution in [0.25, 0.3) is 0 Å². The van der Waals surface area contributed by atoms with Crippen LogP contribution in [0, 0.1) is 0 Å². The van der Waals surface area contributed by atoms with E-state index in [1.807, 2.05) is 47.4 Å². The molecule has 0 saturated carbocycles. The molecular formula is C23H31N3O2. The van der Waals surface area contributed by atoms with Crippen molar-refractivity contribution in [2.24, 2.45) is 0 Å². The van der Waals surface area contributed by atoms with Gasteiger partial charge < -0.3 is 15.4 Å². The number of carbonyl (C=O) groups excluding carboxylic acids is 1. The second-order valence-corrected chi connectivity index (χ2v) is 7.47. The highest BCUT2D eigenvalue weighted by atomic mass is 16.5. The molecule has 150 valence electrons. The highest BCUT2D eigenvalue weighted by Gasteiger charge is 2.23. The second-order valence-electron chi connectivity index (χ2n) is 7.47. The molecule has 1 heterocycles. The zero-order valence-corrected chi connectivity index (χ0v) is 16.7. The van der Waals surface area contributed by atoms with Gasteiger partial charge in [-0.1, -0.05) is 48.5 Å². The normalized spacial score (nSPS) is 15.9. The van der Waals surface area contributed by atoms with Gasteiger partial charge >= 0.3 is 0 Å². The summed E-state index contributed by atoms with van der Waals surface area (Å²) >= 11 is 0. The Kier molecular flexibility index (Phi) is 7.46. The topological polar surface area (TPSA) is 58.8 Å². The molecule has 1 aliphatic rings. The summed E-state index contributed by atoms with van der Waals surface area (Å²) in [6.07, 6.45) is 1.13. The molecular weight excluding hydrogens is 350 g/mol. The number of anilines is 1. The van der Waals surface area contributed by atoms with E-state index in [1.165, 1.54) is 0 Å². The van der Waals surface area contributed by atoms with E-state index in [2.05, 4.69) is 24.0 Å². The highest BCUT2D eigenvalue weighted by molar-refractivity contribution is 5.77. The van der Waals surface area contributed by atoms with Gasteiger partial charge in [0.1, 0.15) is 0 Å². The predicted molar refractivity (Wildman–Crippen MR) is 113 cm³/mol. The van der Waals surface area contributed by atoms with Crippen LogP contribution in [-0.4, -0.2) is 54.6 Å². The summed E-state index contributed by atoms with van der Waals surface area (Å²) in [6, 6.07) is 18.1. The third kappa shape index (κ3) is 5.81. The van der Waals surface area contributed by atoms with Crippen LogP contribution in [0.1, 0.15) is 24.5 Å². The van der Waals surface area contributed by atoms with Crippen LogP contribution >= 0.6 is 0 Å². The van der Waals surface area contributed by atoms with Crippen molar-refractivity contribution in [2.75, 3.05) is 38.6 Å². The summed E-state index contributed by atoms with van der Waals surface area (Å²) in [5, 5.41) is 0. The Morgan fingerprint density at radius 3 is 2.50 bits per heavy atom. The van der Waals surface area contributed by atoms with Gasteiger partial charge in [-0.25, -0.2) is 0 Å². The Bertz CT molecular complexity index is 745. The Morgan fingerprint density at radius 1 is 1.11 bits per heavy atom. The lowest BCUT2D eigenvalue weighted by Crippen LogP contribution is -2.48. The van der Waals surface area contributed by atoms with Gasteiger partial charge in [-0.2, -0.15) is 0 Å². The number of rotatable bonds is 8. The van der Waals surface area contributed by atoms with Crippen LogP contribution in [0.5, 0.6) is 0 Å². The average Bonchev–Trinajstić information content (AvgIpc) is 2.72. The van der Waals surface area contributed by atoms with E-state index >= 15 is 0 Å². The van der Waals surface area contributed by atoms with E-state index < -0.39 is 0 Å². The van der Waals surface area contributed by atoms with Gasteiger partial charge in [0.25, 0.3) is 0 Å². The number of para-hydroxylation sites is 1. The van der Waals surface area contributed by atoms with E-state index in [0.29, 0.717) is 19.4 Å². The Labute approximate surface area is 168 Å². The van der Waals surface area contributed by atoms with Crippen LogP contribution in [0.4, 0.5) is 5.69 Å². The van der Waals surface area contributed by atoms with Gasteiger partial charge in [-0.05, 0) is 30.5 Å². The van der Waals surface area contributed by atoms with E-state index in [0.717, 1.165) is 49.7 Å². The summed E-state index contributed by atoms with van der Waals surface area (Å²) in [5.41, 5.74) is 9.00. The fourth-order valence-corrected chi connectivity index (χ4v) is 3.67. The molecule has 5 heteroatoms. The molecule has 5 nitrogen and oxygen atoms in total. The molecule has 1 saturated heterocycles. The zero-order valence-electron chi connectivity index (χ0n) is 16.7. The van der Waals surface area contributed by atoms with Crippen LogP contribution < -0.4 is 5.73 Å². The number of nitrogens with two attached hydrogens (primary N) is 1. The number of hydrogen-bond acceptors (Lipinski definition) is 4.